The normalized spacial score (nSPS) is 15.3. The van der Waals surface area contributed by atoms with Crippen molar-refractivity contribution in [3.8, 4) is 0 Å². The summed E-state index contributed by atoms with van der Waals surface area (Å²) in [5.41, 5.74) is 1.65. The Labute approximate surface area is 155 Å². The molecule has 3 amide bonds. The molecule has 0 unspecified atom stereocenters. The molecule has 1 saturated heterocycles. The van der Waals surface area contributed by atoms with Crippen LogP contribution in [0.4, 0.5) is 10.5 Å². The second-order valence-corrected chi connectivity index (χ2v) is 7.10. The van der Waals surface area contributed by atoms with Crippen molar-refractivity contribution in [2.75, 3.05) is 18.4 Å². The second kappa shape index (κ2) is 9.09. The number of hydrogen-bond donors (Lipinski definition) is 2. The predicted molar refractivity (Wildman–Crippen MR) is 102 cm³/mol. The molecule has 0 aliphatic carbocycles. The summed E-state index contributed by atoms with van der Waals surface area (Å²) in [4.78, 5) is 26.5. The first kappa shape index (κ1) is 19.6. The maximum Gasteiger partial charge on any atom is 0.319 e. The Morgan fingerprint density at radius 2 is 1.88 bits per heavy atom. The third-order valence-corrected chi connectivity index (χ3v) is 5.16. The van der Waals surface area contributed by atoms with E-state index in [9.17, 15) is 9.59 Å². The number of aryl methyl sites for hydroxylation is 1. The van der Waals surface area contributed by atoms with Gasteiger partial charge in [-0.15, -0.1) is 0 Å². The summed E-state index contributed by atoms with van der Waals surface area (Å²) in [5.74, 6) is 0.371. The number of hydrogen-bond acceptors (Lipinski definition) is 2. The van der Waals surface area contributed by atoms with E-state index in [1.165, 1.54) is 0 Å². The molecule has 0 spiro atoms. The summed E-state index contributed by atoms with van der Waals surface area (Å²) in [6.45, 7) is 7.46. The Hall–Kier alpha value is -1.75. The van der Waals surface area contributed by atoms with E-state index in [4.69, 9.17) is 11.6 Å². The van der Waals surface area contributed by atoms with E-state index >= 15 is 0 Å². The van der Waals surface area contributed by atoms with Crippen LogP contribution in [0.1, 0.15) is 45.1 Å². The lowest BCUT2D eigenvalue weighted by Crippen LogP contribution is -2.48. The lowest BCUT2D eigenvalue weighted by molar-refractivity contribution is -0.136. The van der Waals surface area contributed by atoms with Gasteiger partial charge in [0, 0.05) is 25.0 Å². The number of urea groups is 1. The van der Waals surface area contributed by atoms with Gasteiger partial charge >= 0.3 is 6.03 Å². The Morgan fingerprint density at radius 1 is 1.24 bits per heavy atom. The molecule has 1 heterocycles. The molecule has 0 radical (unpaired) electrons. The van der Waals surface area contributed by atoms with Gasteiger partial charge in [-0.3, -0.25) is 4.79 Å². The van der Waals surface area contributed by atoms with Crippen molar-refractivity contribution in [1.82, 2.24) is 10.2 Å². The van der Waals surface area contributed by atoms with Crippen molar-refractivity contribution >= 4 is 29.2 Å². The van der Waals surface area contributed by atoms with Crippen LogP contribution in [-0.2, 0) is 4.79 Å². The molecule has 6 heteroatoms. The second-order valence-electron chi connectivity index (χ2n) is 6.69. The molecule has 1 fully saturated rings. The molecule has 0 atom stereocenters. The van der Waals surface area contributed by atoms with Gasteiger partial charge in [0.15, 0.2) is 0 Å². The largest absolute Gasteiger partial charge is 0.342 e. The molecule has 0 aromatic heterocycles. The summed E-state index contributed by atoms with van der Waals surface area (Å²) in [6, 6.07) is 5.35. The maximum absolute atomic E-state index is 12.4. The average Bonchev–Trinajstić information content (AvgIpc) is 2.59. The van der Waals surface area contributed by atoms with E-state index in [-0.39, 0.29) is 23.9 Å². The number of halogens is 1. The van der Waals surface area contributed by atoms with Gasteiger partial charge in [-0.1, -0.05) is 31.5 Å². The molecule has 138 valence electrons. The van der Waals surface area contributed by atoms with E-state index in [1.54, 1.807) is 6.07 Å². The van der Waals surface area contributed by atoms with Gasteiger partial charge in [0.25, 0.3) is 0 Å². The smallest absolute Gasteiger partial charge is 0.319 e. The Kier molecular flexibility index (Phi) is 7.12. The SMILES string of the molecule is CCC(CC)C(=O)N1CCC(NC(=O)Nc2ccc(C)cc2Cl)CC1. The van der Waals surface area contributed by atoms with E-state index in [2.05, 4.69) is 24.5 Å². The first-order valence-electron chi connectivity index (χ1n) is 9.07. The highest BCUT2D eigenvalue weighted by molar-refractivity contribution is 6.33. The van der Waals surface area contributed by atoms with Crippen molar-refractivity contribution in [2.45, 2.75) is 52.5 Å². The number of nitrogens with zero attached hydrogens (tertiary/aromatic N) is 1. The van der Waals surface area contributed by atoms with Crippen LogP contribution in [0.15, 0.2) is 18.2 Å². The highest BCUT2D eigenvalue weighted by atomic mass is 35.5. The topological polar surface area (TPSA) is 61.4 Å². The fourth-order valence-electron chi connectivity index (χ4n) is 3.21. The van der Waals surface area contributed by atoms with Crippen LogP contribution in [-0.4, -0.2) is 36.0 Å². The fraction of sp³-hybridized carbons (Fsp3) is 0.579. The number of carbonyl (C=O) groups excluding carboxylic acids is 2. The van der Waals surface area contributed by atoms with Crippen LogP contribution < -0.4 is 10.6 Å². The first-order valence-corrected chi connectivity index (χ1v) is 9.44. The molecule has 1 aromatic rings. The minimum absolute atomic E-state index is 0.0787. The zero-order valence-electron chi connectivity index (χ0n) is 15.3. The van der Waals surface area contributed by atoms with Gasteiger partial charge in [-0.25, -0.2) is 4.79 Å². The minimum atomic E-state index is -0.254. The van der Waals surface area contributed by atoms with E-state index in [0.717, 1.165) is 31.2 Å². The number of anilines is 1. The number of amides is 3. The third-order valence-electron chi connectivity index (χ3n) is 4.85. The molecule has 1 aliphatic rings. The molecule has 25 heavy (non-hydrogen) atoms. The zero-order chi connectivity index (χ0) is 18.4. The molecule has 1 aromatic carbocycles. The number of rotatable bonds is 5. The zero-order valence-corrected chi connectivity index (χ0v) is 16.0. The summed E-state index contributed by atoms with van der Waals surface area (Å²) >= 11 is 6.14. The van der Waals surface area contributed by atoms with E-state index < -0.39 is 0 Å². The Bertz CT molecular complexity index is 609. The minimum Gasteiger partial charge on any atom is -0.342 e. The molecule has 2 rings (SSSR count). The van der Waals surface area contributed by atoms with Crippen LogP contribution >= 0.6 is 11.6 Å². The van der Waals surface area contributed by atoms with Gasteiger partial charge in [0.05, 0.1) is 10.7 Å². The van der Waals surface area contributed by atoms with Crippen molar-refractivity contribution < 1.29 is 9.59 Å². The monoisotopic (exact) mass is 365 g/mol. The lowest BCUT2D eigenvalue weighted by Gasteiger charge is -2.34. The maximum atomic E-state index is 12.4. The van der Waals surface area contributed by atoms with Gasteiger partial charge in [-0.05, 0) is 50.3 Å². The highest BCUT2D eigenvalue weighted by Crippen LogP contribution is 2.23. The molecule has 2 N–H and O–H groups in total. The van der Waals surface area contributed by atoms with Crippen molar-refractivity contribution in [1.29, 1.82) is 0 Å². The number of benzene rings is 1. The van der Waals surface area contributed by atoms with Crippen molar-refractivity contribution in [3.63, 3.8) is 0 Å². The highest BCUT2D eigenvalue weighted by Gasteiger charge is 2.27. The summed E-state index contributed by atoms with van der Waals surface area (Å²) < 4.78 is 0. The van der Waals surface area contributed by atoms with E-state index in [0.29, 0.717) is 23.8 Å². The standard InChI is InChI=1S/C19H28ClN3O2/c1-4-14(5-2)18(24)23-10-8-15(9-11-23)21-19(25)22-17-7-6-13(3)12-16(17)20/h6-7,12,14-15H,4-5,8-11H2,1-3H3,(H2,21,22,25). The third kappa shape index (κ3) is 5.36. The molecule has 5 nitrogen and oxygen atoms in total. The molecular weight excluding hydrogens is 338 g/mol. The predicted octanol–water partition coefficient (Wildman–Crippen LogP) is 4.20. The number of nitrogens with one attached hydrogen (secondary N) is 2. The van der Waals surface area contributed by atoms with Crippen LogP contribution in [0.5, 0.6) is 0 Å². The van der Waals surface area contributed by atoms with Crippen molar-refractivity contribution in [2.24, 2.45) is 5.92 Å². The molecular formula is C19H28ClN3O2. The number of likely N-dealkylation sites (tertiary alicyclic amines) is 1. The lowest BCUT2D eigenvalue weighted by atomic mass is 9.98. The van der Waals surface area contributed by atoms with Gasteiger partial charge < -0.3 is 15.5 Å². The van der Waals surface area contributed by atoms with Crippen molar-refractivity contribution in [3.05, 3.63) is 28.8 Å². The molecule has 0 bridgehead atoms. The van der Waals surface area contributed by atoms with E-state index in [1.807, 2.05) is 24.0 Å². The van der Waals surface area contributed by atoms with Crippen LogP contribution in [0, 0.1) is 12.8 Å². The summed E-state index contributed by atoms with van der Waals surface area (Å²) in [5, 5.41) is 6.30. The summed E-state index contributed by atoms with van der Waals surface area (Å²) in [6.07, 6.45) is 3.32. The van der Waals surface area contributed by atoms with Crippen LogP contribution in [0.3, 0.4) is 0 Å². The van der Waals surface area contributed by atoms with Crippen LogP contribution in [0.2, 0.25) is 5.02 Å². The molecule has 1 aliphatic heterocycles. The average molecular weight is 366 g/mol. The number of piperidine rings is 1. The quantitative estimate of drug-likeness (QED) is 0.821. The number of carbonyl (C=O) groups is 2. The van der Waals surface area contributed by atoms with Gasteiger partial charge in [0.2, 0.25) is 5.91 Å². The van der Waals surface area contributed by atoms with Crippen LogP contribution in [0.25, 0.3) is 0 Å². The van der Waals surface area contributed by atoms with Gasteiger partial charge in [-0.2, -0.15) is 0 Å². The first-order chi connectivity index (χ1) is 11.9. The Balaban J connectivity index is 1.81. The molecule has 0 saturated carbocycles. The van der Waals surface area contributed by atoms with Gasteiger partial charge in [0.1, 0.15) is 0 Å². The Morgan fingerprint density at radius 3 is 2.44 bits per heavy atom. The fourth-order valence-corrected chi connectivity index (χ4v) is 3.49. The summed E-state index contributed by atoms with van der Waals surface area (Å²) in [7, 11) is 0.